The molecule has 16 heteroatoms. The maximum absolute atomic E-state index is 15.0. The van der Waals surface area contributed by atoms with E-state index in [-0.39, 0.29) is 41.9 Å². The number of pyridine rings is 1. The number of alkyl halides is 2. The highest BCUT2D eigenvalue weighted by molar-refractivity contribution is 8.00. The molecule has 1 saturated carbocycles. The first kappa shape index (κ1) is 32.6. The average molecular weight is 694 g/mol. The fraction of sp³-hybridized carbons (Fsp3) is 0.531. The van der Waals surface area contributed by atoms with Gasteiger partial charge in [-0.1, -0.05) is 6.07 Å². The predicted octanol–water partition coefficient (Wildman–Crippen LogP) is 3.65. The molecule has 3 aromatic heterocycles. The molecule has 7 rings (SSSR count). The number of thioether (sulfide) groups is 1. The number of rotatable bonds is 9. The van der Waals surface area contributed by atoms with Crippen LogP contribution < -0.4 is 26.0 Å². The number of hydrogen-bond acceptors (Lipinski definition) is 14. The lowest BCUT2D eigenvalue weighted by Gasteiger charge is -2.48. The minimum atomic E-state index is -2.86. The Morgan fingerprint density at radius 3 is 2.48 bits per heavy atom. The highest BCUT2D eigenvalue weighted by Crippen LogP contribution is 2.61. The molecule has 0 bridgehead atoms. The summed E-state index contributed by atoms with van der Waals surface area (Å²) in [6, 6.07) is 7.82. The highest BCUT2D eigenvalue weighted by atomic mass is 32.2. The molecule has 3 fully saturated rings. The molecular weight excluding hydrogens is 657 g/mol. The van der Waals surface area contributed by atoms with Gasteiger partial charge < -0.3 is 30.9 Å². The summed E-state index contributed by atoms with van der Waals surface area (Å²) in [5.41, 5.74) is 13.5. The van der Waals surface area contributed by atoms with E-state index in [4.69, 9.17) is 21.2 Å². The number of nitrogens with two attached hydrogens (primary N) is 2. The molecule has 0 amide bonds. The number of halogens is 2. The molecule has 0 aromatic carbocycles. The van der Waals surface area contributed by atoms with Crippen molar-refractivity contribution in [2.24, 2.45) is 5.41 Å². The first-order valence-corrected chi connectivity index (χ1v) is 17.6. The largest absolute Gasteiger partial charge is 0.462 e. The van der Waals surface area contributed by atoms with Crippen LogP contribution in [0.5, 0.6) is 6.01 Å². The van der Waals surface area contributed by atoms with Crippen molar-refractivity contribution in [1.29, 1.82) is 10.5 Å². The second-order valence-corrected chi connectivity index (χ2v) is 15.8. The molecule has 6 heterocycles. The molecule has 1 spiro atoms. The van der Waals surface area contributed by atoms with E-state index in [1.165, 1.54) is 11.3 Å². The van der Waals surface area contributed by atoms with Gasteiger partial charge in [-0.2, -0.15) is 20.5 Å². The minimum absolute atomic E-state index is 0.0733. The summed E-state index contributed by atoms with van der Waals surface area (Å²) in [5.74, 6) is -1.11. The van der Waals surface area contributed by atoms with Crippen LogP contribution in [0.25, 0.3) is 0 Å². The van der Waals surface area contributed by atoms with Crippen LogP contribution in [0.3, 0.4) is 0 Å². The van der Waals surface area contributed by atoms with Crippen LogP contribution in [-0.4, -0.2) is 97.2 Å². The van der Waals surface area contributed by atoms with Gasteiger partial charge in [-0.05, 0) is 20.0 Å². The standard InChI is InChI=1S/C32H37F2N11OS2/c1-19(20-5-4-6-39-25(20)37)43(3)27-22(12-36)28(45-16-31(17-45)24-21(11-35)26(38)48-23(24)13-47-31)41-29(40-27)46-18-30(14-32(30,33)34)15-44-9-7-42(2)8-10-44/h4-6,19H,7-10,13-18,38H2,1-3H3,(H2,37,39)/t19-,30?/m1/s1. The highest BCUT2D eigenvalue weighted by Gasteiger charge is 2.72. The number of thiophene rings is 1. The fourth-order valence-electron chi connectivity index (χ4n) is 7.07. The summed E-state index contributed by atoms with van der Waals surface area (Å²) in [6.07, 6.45) is 1.34. The molecule has 1 aliphatic carbocycles. The van der Waals surface area contributed by atoms with E-state index in [2.05, 4.69) is 31.9 Å². The second-order valence-electron chi connectivity index (χ2n) is 13.3. The van der Waals surface area contributed by atoms with Crippen molar-refractivity contribution in [2.45, 2.75) is 35.8 Å². The summed E-state index contributed by atoms with van der Waals surface area (Å²) < 4.78 is 35.7. The fourth-order valence-corrected chi connectivity index (χ4v) is 9.88. The van der Waals surface area contributed by atoms with Crippen LogP contribution in [0, 0.1) is 28.1 Å². The number of likely N-dealkylation sites (N-methyl/N-ethyl adjacent to an activating group) is 1. The third kappa shape index (κ3) is 5.35. The second kappa shape index (κ2) is 11.9. The lowest BCUT2D eigenvalue weighted by molar-refractivity contribution is 0.0143. The zero-order valence-corrected chi connectivity index (χ0v) is 28.7. The molecule has 2 atom stereocenters. The van der Waals surface area contributed by atoms with Gasteiger partial charge in [0, 0.05) is 87.2 Å². The van der Waals surface area contributed by atoms with E-state index in [1.807, 2.05) is 24.9 Å². The van der Waals surface area contributed by atoms with Crippen LogP contribution in [0.1, 0.15) is 46.5 Å². The molecule has 3 aromatic rings. The molecule has 3 aliphatic heterocycles. The maximum Gasteiger partial charge on any atom is 0.320 e. The van der Waals surface area contributed by atoms with Crippen molar-refractivity contribution < 1.29 is 13.5 Å². The molecule has 0 radical (unpaired) electrons. The summed E-state index contributed by atoms with van der Waals surface area (Å²) in [4.78, 5) is 22.7. The molecule has 1 unspecified atom stereocenters. The normalized spacial score (nSPS) is 23.2. The Labute approximate surface area is 286 Å². The third-order valence-electron chi connectivity index (χ3n) is 10.3. The van der Waals surface area contributed by atoms with Gasteiger partial charge in [0.15, 0.2) is 11.6 Å². The minimum Gasteiger partial charge on any atom is -0.462 e. The molecule has 2 saturated heterocycles. The lowest BCUT2D eigenvalue weighted by Crippen LogP contribution is -2.57. The topological polar surface area (TPSA) is 160 Å². The van der Waals surface area contributed by atoms with Gasteiger partial charge in [-0.3, -0.25) is 4.90 Å². The Hall–Kier alpha value is -3.96. The SMILES string of the molecule is C[C@H](c1cccnc1N)N(C)c1nc(OCC2(CN3CCN(C)CC3)CC2(F)F)nc(N2CC3(C2)SCc2sc(N)c(C#N)c23)c1C#N. The Kier molecular flexibility index (Phi) is 8.06. The lowest BCUT2D eigenvalue weighted by atomic mass is 9.88. The molecule has 4 N–H and O–H groups in total. The first-order chi connectivity index (χ1) is 22.9. The summed E-state index contributed by atoms with van der Waals surface area (Å²) in [7, 11) is 3.82. The van der Waals surface area contributed by atoms with Crippen molar-refractivity contribution in [2.75, 3.05) is 87.8 Å². The van der Waals surface area contributed by atoms with Crippen molar-refractivity contribution in [1.82, 2.24) is 24.8 Å². The van der Waals surface area contributed by atoms with Crippen LogP contribution >= 0.6 is 23.1 Å². The van der Waals surface area contributed by atoms with Crippen LogP contribution in [0.2, 0.25) is 0 Å². The molecule has 4 aliphatic rings. The predicted molar refractivity (Wildman–Crippen MR) is 182 cm³/mol. The number of nitrogen functional groups attached to an aromatic ring is 2. The van der Waals surface area contributed by atoms with Crippen molar-refractivity contribution in [3.8, 4) is 18.1 Å². The number of aromatic nitrogens is 3. The van der Waals surface area contributed by atoms with E-state index in [0.29, 0.717) is 41.1 Å². The quantitative estimate of drug-likeness (QED) is 0.335. The number of nitriles is 2. The molecule has 48 heavy (non-hydrogen) atoms. The summed E-state index contributed by atoms with van der Waals surface area (Å²) >= 11 is 3.21. The van der Waals surface area contributed by atoms with E-state index in [9.17, 15) is 10.5 Å². The number of anilines is 4. The first-order valence-electron chi connectivity index (χ1n) is 15.8. The van der Waals surface area contributed by atoms with Gasteiger partial charge in [0.2, 0.25) is 0 Å². The van der Waals surface area contributed by atoms with E-state index >= 15 is 8.78 Å². The average Bonchev–Trinajstić information content (AvgIpc) is 3.27. The van der Waals surface area contributed by atoms with E-state index in [0.717, 1.165) is 47.9 Å². The van der Waals surface area contributed by atoms with Crippen LogP contribution in [-0.2, 0) is 10.5 Å². The van der Waals surface area contributed by atoms with Crippen LogP contribution in [0.15, 0.2) is 18.3 Å². The molecule has 252 valence electrons. The smallest absolute Gasteiger partial charge is 0.320 e. The summed E-state index contributed by atoms with van der Waals surface area (Å²) in [5, 5.41) is 20.9. The molecular formula is C32H37F2N11OS2. The third-order valence-corrected chi connectivity index (χ3v) is 12.9. The number of fused-ring (bicyclic) bond motifs is 2. The van der Waals surface area contributed by atoms with Gasteiger partial charge in [-0.15, -0.1) is 23.1 Å². The monoisotopic (exact) mass is 693 g/mol. The zero-order chi connectivity index (χ0) is 34.0. The van der Waals surface area contributed by atoms with Crippen molar-refractivity contribution in [3.05, 3.63) is 45.5 Å². The Morgan fingerprint density at radius 2 is 1.83 bits per heavy atom. The van der Waals surface area contributed by atoms with E-state index in [1.54, 1.807) is 36.0 Å². The number of piperazine rings is 1. The number of ether oxygens (including phenoxy) is 1. The van der Waals surface area contributed by atoms with Crippen molar-refractivity contribution in [3.63, 3.8) is 0 Å². The Bertz CT molecular complexity index is 1830. The van der Waals surface area contributed by atoms with Crippen LogP contribution in [0.4, 0.5) is 31.2 Å². The number of hydrogen-bond donors (Lipinski definition) is 2. The zero-order valence-electron chi connectivity index (χ0n) is 27.0. The van der Waals surface area contributed by atoms with Gasteiger partial charge in [0.05, 0.1) is 21.8 Å². The van der Waals surface area contributed by atoms with E-state index < -0.39 is 11.3 Å². The van der Waals surface area contributed by atoms with Gasteiger partial charge in [-0.25, -0.2) is 13.8 Å². The Balaban J connectivity index is 1.21. The number of nitrogens with zero attached hydrogens (tertiary/aromatic N) is 9. The van der Waals surface area contributed by atoms with Gasteiger partial charge >= 0.3 is 6.01 Å². The van der Waals surface area contributed by atoms with Gasteiger partial charge in [0.1, 0.15) is 35.1 Å². The van der Waals surface area contributed by atoms with Crippen molar-refractivity contribution >= 4 is 45.6 Å². The Morgan fingerprint density at radius 1 is 1.12 bits per heavy atom. The van der Waals surface area contributed by atoms with Gasteiger partial charge in [0.25, 0.3) is 5.92 Å². The summed E-state index contributed by atoms with van der Waals surface area (Å²) in [6.45, 7) is 5.95. The molecule has 12 nitrogen and oxygen atoms in total. The maximum atomic E-state index is 15.0.